The molecule has 3 N–H and O–H groups in total. The zero-order valence-electron chi connectivity index (χ0n) is 18.1. The van der Waals surface area contributed by atoms with Crippen LogP contribution in [0, 0.1) is 0 Å². The SMILES string of the molecule is CC(C)=CCCC(C)=CCOc1cc(O)c2c(O)c3c(cc2c1)C[C@](C)(O)CC3=O. The number of phenols is 2. The molecule has 0 bridgehead atoms. The Bertz CT molecular complexity index is 1040. The van der Waals surface area contributed by atoms with Gasteiger partial charge in [-0.3, -0.25) is 4.79 Å². The number of Topliss-reactive ketones (excluding diaryl/α,β-unsaturated/α-hetero) is 1. The first-order chi connectivity index (χ1) is 14.1. The van der Waals surface area contributed by atoms with E-state index >= 15 is 0 Å². The van der Waals surface area contributed by atoms with Gasteiger partial charge in [-0.25, -0.2) is 0 Å². The second-order valence-corrected chi connectivity index (χ2v) is 8.76. The fraction of sp³-hybridized carbons (Fsp3) is 0.400. The summed E-state index contributed by atoms with van der Waals surface area (Å²) in [5, 5.41) is 32.3. The number of benzene rings is 2. The van der Waals surface area contributed by atoms with Gasteiger partial charge in [-0.05, 0) is 69.7 Å². The highest BCUT2D eigenvalue weighted by molar-refractivity contribution is 6.09. The molecule has 0 fully saturated rings. The summed E-state index contributed by atoms with van der Waals surface area (Å²) in [6.07, 6.45) is 6.38. The third-order valence-electron chi connectivity index (χ3n) is 5.41. The quantitative estimate of drug-likeness (QED) is 0.570. The van der Waals surface area contributed by atoms with Crippen molar-refractivity contribution in [1.29, 1.82) is 0 Å². The minimum Gasteiger partial charge on any atom is -0.507 e. The molecule has 0 spiro atoms. The number of aromatic hydroxyl groups is 2. The highest BCUT2D eigenvalue weighted by atomic mass is 16.5. The van der Waals surface area contributed by atoms with E-state index in [1.165, 1.54) is 17.2 Å². The van der Waals surface area contributed by atoms with Crippen molar-refractivity contribution < 1.29 is 24.9 Å². The van der Waals surface area contributed by atoms with Crippen LogP contribution in [0.3, 0.4) is 0 Å². The summed E-state index contributed by atoms with van der Waals surface area (Å²) in [5.74, 6) is -0.227. The van der Waals surface area contributed by atoms with Gasteiger partial charge in [0, 0.05) is 18.9 Å². The molecule has 5 heteroatoms. The van der Waals surface area contributed by atoms with Crippen LogP contribution in [-0.2, 0) is 6.42 Å². The number of aliphatic hydroxyl groups is 1. The fourth-order valence-corrected chi connectivity index (χ4v) is 3.94. The van der Waals surface area contributed by atoms with Gasteiger partial charge in [0.2, 0.25) is 0 Å². The Morgan fingerprint density at radius 1 is 1.13 bits per heavy atom. The number of phenolic OH excluding ortho intramolecular Hbond substituents is 2. The summed E-state index contributed by atoms with van der Waals surface area (Å²) in [5.41, 5.74) is 2.15. The average molecular weight is 411 g/mol. The second-order valence-electron chi connectivity index (χ2n) is 8.76. The molecule has 0 radical (unpaired) electrons. The highest BCUT2D eigenvalue weighted by Crippen LogP contribution is 2.43. The van der Waals surface area contributed by atoms with Crippen LogP contribution in [0.2, 0.25) is 0 Å². The molecule has 5 nitrogen and oxygen atoms in total. The number of ketones is 1. The van der Waals surface area contributed by atoms with Crippen LogP contribution in [0.5, 0.6) is 17.2 Å². The number of allylic oxidation sites excluding steroid dienone is 3. The molecule has 0 aliphatic heterocycles. The molecule has 160 valence electrons. The summed E-state index contributed by atoms with van der Waals surface area (Å²) in [4.78, 5) is 12.4. The summed E-state index contributed by atoms with van der Waals surface area (Å²) >= 11 is 0. The smallest absolute Gasteiger partial charge is 0.169 e. The highest BCUT2D eigenvalue weighted by Gasteiger charge is 2.35. The van der Waals surface area contributed by atoms with E-state index < -0.39 is 5.60 Å². The third-order valence-corrected chi connectivity index (χ3v) is 5.41. The van der Waals surface area contributed by atoms with Crippen LogP contribution in [0.1, 0.15) is 62.9 Å². The normalized spacial score (nSPS) is 19.0. The van der Waals surface area contributed by atoms with E-state index in [1.807, 2.05) is 6.08 Å². The van der Waals surface area contributed by atoms with Gasteiger partial charge in [-0.2, -0.15) is 0 Å². The molecule has 3 rings (SSSR count). The Labute approximate surface area is 177 Å². The lowest BCUT2D eigenvalue weighted by Crippen LogP contribution is -2.35. The number of rotatable bonds is 6. The molecule has 0 amide bonds. The Morgan fingerprint density at radius 3 is 2.57 bits per heavy atom. The van der Waals surface area contributed by atoms with Crippen molar-refractivity contribution in [2.45, 2.75) is 59.0 Å². The minimum absolute atomic E-state index is 0.0552. The molecular weight excluding hydrogens is 380 g/mol. The number of fused-ring (bicyclic) bond motifs is 2. The van der Waals surface area contributed by atoms with E-state index in [0.717, 1.165) is 12.8 Å². The molecule has 0 saturated carbocycles. The maximum Gasteiger partial charge on any atom is 0.169 e. The topological polar surface area (TPSA) is 87.0 Å². The van der Waals surface area contributed by atoms with Crippen LogP contribution in [0.4, 0.5) is 0 Å². The number of carbonyl (C=O) groups is 1. The zero-order valence-corrected chi connectivity index (χ0v) is 18.1. The predicted octanol–water partition coefficient (Wildman–Crippen LogP) is 5.20. The van der Waals surface area contributed by atoms with Crippen LogP contribution < -0.4 is 4.74 Å². The van der Waals surface area contributed by atoms with Gasteiger partial charge < -0.3 is 20.1 Å². The first-order valence-electron chi connectivity index (χ1n) is 10.3. The molecule has 0 unspecified atom stereocenters. The van der Waals surface area contributed by atoms with Gasteiger partial charge in [0.15, 0.2) is 5.78 Å². The minimum atomic E-state index is -1.14. The lowest BCUT2D eigenvalue weighted by Gasteiger charge is -2.29. The molecule has 30 heavy (non-hydrogen) atoms. The maximum atomic E-state index is 12.4. The monoisotopic (exact) mass is 410 g/mol. The number of carbonyl (C=O) groups excluding carboxylic acids is 1. The summed E-state index contributed by atoms with van der Waals surface area (Å²) in [7, 11) is 0. The number of hydrogen-bond donors (Lipinski definition) is 3. The summed E-state index contributed by atoms with van der Waals surface area (Å²) < 4.78 is 5.79. The van der Waals surface area contributed by atoms with Crippen LogP contribution in [0.15, 0.2) is 41.5 Å². The van der Waals surface area contributed by atoms with Gasteiger partial charge in [0.05, 0.1) is 16.6 Å². The van der Waals surface area contributed by atoms with Crippen LogP contribution in [0.25, 0.3) is 10.8 Å². The van der Waals surface area contributed by atoms with Crippen molar-refractivity contribution >= 4 is 16.6 Å². The fourth-order valence-electron chi connectivity index (χ4n) is 3.94. The van der Waals surface area contributed by atoms with Gasteiger partial charge in [0.25, 0.3) is 0 Å². The Kier molecular flexibility index (Phi) is 6.22. The third kappa shape index (κ3) is 4.85. The molecule has 1 atom stereocenters. The molecule has 1 aliphatic carbocycles. The molecule has 1 aliphatic rings. The largest absolute Gasteiger partial charge is 0.507 e. The van der Waals surface area contributed by atoms with E-state index in [1.54, 1.807) is 19.1 Å². The van der Waals surface area contributed by atoms with Crippen molar-refractivity contribution in [1.82, 2.24) is 0 Å². The second kappa shape index (κ2) is 8.52. The van der Waals surface area contributed by atoms with E-state index in [2.05, 4.69) is 26.8 Å². The average Bonchev–Trinajstić information content (AvgIpc) is 2.59. The predicted molar refractivity (Wildman–Crippen MR) is 118 cm³/mol. The van der Waals surface area contributed by atoms with Crippen LogP contribution >= 0.6 is 0 Å². The molecular formula is C25H30O5. The lowest BCUT2D eigenvalue weighted by molar-refractivity contribution is 0.0409. The Morgan fingerprint density at radius 2 is 1.87 bits per heavy atom. The first kappa shape index (κ1) is 21.9. The molecule has 2 aromatic carbocycles. The first-order valence-corrected chi connectivity index (χ1v) is 10.3. The molecule has 0 aromatic heterocycles. The van der Waals surface area contributed by atoms with E-state index in [9.17, 15) is 20.1 Å². The van der Waals surface area contributed by atoms with Gasteiger partial charge >= 0.3 is 0 Å². The Hall–Kier alpha value is -2.79. The number of hydrogen-bond acceptors (Lipinski definition) is 5. The standard InChI is InChI=1S/C25H30O5/c1-15(2)6-5-7-16(3)8-9-30-19-11-17-10-18-13-25(4,29)14-21(27)23(18)24(28)22(17)20(26)12-19/h6,8,10-12,26,28-29H,5,7,9,13-14H2,1-4H3/t25-/m0/s1. The maximum absolute atomic E-state index is 12.4. The summed E-state index contributed by atoms with van der Waals surface area (Å²) in [6.45, 7) is 8.21. The van der Waals surface area contributed by atoms with Crippen LogP contribution in [-0.4, -0.2) is 33.3 Å². The van der Waals surface area contributed by atoms with E-state index in [4.69, 9.17) is 4.74 Å². The van der Waals surface area contributed by atoms with Gasteiger partial charge in [-0.15, -0.1) is 0 Å². The number of ether oxygens (including phenoxy) is 1. The molecule has 0 heterocycles. The zero-order chi connectivity index (χ0) is 22.1. The van der Waals surface area contributed by atoms with Crippen molar-refractivity contribution in [2.75, 3.05) is 6.61 Å². The van der Waals surface area contributed by atoms with Crippen molar-refractivity contribution in [3.63, 3.8) is 0 Å². The summed E-state index contributed by atoms with van der Waals surface area (Å²) in [6, 6.07) is 4.92. The van der Waals surface area contributed by atoms with Gasteiger partial charge in [0.1, 0.15) is 23.9 Å². The van der Waals surface area contributed by atoms with Crippen molar-refractivity contribution in [2.24, 2.45) is 0 Å². The Balaban J connectivity index is 1.84. The lowest BCUT2D eigenvalue weighted by atomic mass is 9.79. The molecule has 2 aromatic rings. The van der Waals surface area contributed by atoms with E-state index in [0.29, 0.717) is 23.3 Å². The van der Waals surface area contributed by atoms with Crippen molar-refractivity contribution in [3.8, 4) is 17.2 Å². The van der Waals surface area contributed by atoms with E-state index in [-0.39, 0.29) is 41.1 Å². The molecule has 0 saturated heterocycles. The van der Waals surface area contributed by atoms with Gasteiger partial charge in [-0.1, -0.05) is 17.2 Å². The van der Waals surface area contributed by atoms with Crippen molar-refractivity contribution in [3.05, 3.63) is 52.6 Å².